The molecule has 0 radical (unpaired) electrons. The van der Waals surface area contributed by atoms with Gasteiger partial charge in [-0.15, -0.1) is 0 Å². The van der Waals surface area contributed by atoms with Crippen LogP contribution in [0.4, 0.5) is 0 Å². The molecule has 1 heterocycles. The van der Waals surface area contributed by atoms with Crippen LogP contribution in [-0.2, 0) is 22.2 Å². The van der Waals surface area contributed by atoms with Crippen LogP contribution in [0.1, 0.15) is 5.56 Å². The first-order valence-electron chi connectivity index (χ1n) is 2.84. The van der Waals surface area contributed by atoms with Crippen LogP contribution < -0.4 is 0 Å². The average molecular weight is 213 g/mol. The summed E-state index contributed by atoms with van der Waals surface area (Å²) >= 11 is 0. The van der Waals surface area contributed by atoms with Crippen LogP contribution >= 0.6 is 21.6 Å². The maximum absolute atomic E-state index is 2.20. The van der Waals surface area contributed by atoms with Gasteiger partial charge in [0.05, 0.1) is 0 Å². The number of hydrogen-bond donors (Lipinski definition) is 0. The fourth-order valence-electron chi connectivity index (χ4n) is 0.861. The van der Waals surface area contributed by atoms with E-state index in [1.165, 1.54) is 16.2 Å². The molecule has 0 unspecified atom stereocenters. The van der Waals surface area contributed by atoms with E-state index in [4.69, 9.17) is 0 Å². The maximum Gasteiger partial charge on any atom is 0.0303 e. The molecule has 0 aromatic heterocycles. The SMILES string of the molecule is [Ni].c1ccc2c(c1)CSS2. The Morgan fingerprint density at radius 3 is 2.80 bits per heavy atom. The Morgan fingerprint density at radius 1 is 1.20 bits per heavy atom. The van der Waals surface area contributed by atoms with Gasteiger partial charge >= 0.3 is 0 Å². The van der Waals surface area contributed by atoms with Crippen LogP contribution in [0.5, 0.6) is 0 Å². The van der Waals surface area contributed by atoms with Gasteiger partial charge < -0.3 is 0 Å². The summed E-state index contributed by atoms with van der Waals surface area (Å²) in [6.07, 6.45) is 0. The van der Waals surface area contributed by atoms with Gasteiger partial charge in [-0.2, -0.15) is 0 Å². The van der Waals surface area contributed by atoms with Crippen LogP contribution in [0.15, 0.2) is 29.2 Å². The molecule has 1 aromatic rings. The fraction of sp³-hybridized carbons (Fsp3) is 0.143. The molecular weight excluding hydrogens is 207 g/mol. The Hall–Kier alpha value is 0.414. The van der Waals surface area contributed by atoms with E-state index >= 15 is 0 Å². The van der Waals surface area contributed by atoms with Crippen molar-refractivity contribution in [1.82, 2.24) is 0 Å². The summed E-state index contributed by atoms with van der Waals surface area (Å²) < 4.78 is 0. The molecule has 0 saturated carbocycles. The zero-order valence-electron chi connectivity index (χ0n) is 5.15. The molecule has 0 N–H and O–H groups in total. The zero-order chi connectivity index (χ0) is 6.10. The van der Waals surface area contributed by atoms with Gasteiger partial charge in [-0.05, 0) is 11.6 Å². The van der Waals surface area contributed by atoms with Gasteiger partial charge in [0.2, 0.25) is 0 Å². The molecule has 0 fully saturated rings. The van der Waals surface area contributed by atoms with Crippen LogP contribution in [0.3, 0.4) is 0 Å². The van der Waals surface area contributed by atoms with Crippen molar-refractivity contribution >= 4 is 21.6 Å². The van der Waals surface area contributed by atoms with E-state index in [0.717, 1.165) is 0 Å². The molecule has 0 nitrogen and oxygen atoms in total. The second-order valence-corrected chi connectivity index (χ2v) is 4.29. The van der Waals surface area contributed by atoms with Crippen LogP contribution in [0.2, 0.25) is 0 Å². The minimum atomic E-state index is 0. The third kappa shape index (κ3) is 1.52. The summed E-state index contributed by atoms with van der Waals surface area (Å²) in [5.74, 6) is 1.18. The maximum atomic E-state index is 2.20. The average Bonchev–Trinajstić information content (AvgIpc) is 2.33. The molecule has 0 bridgehead atoms. The fourth-order valence-corrected chi connectivity index (χ4v) is 3.32. The normalized spacial score (nSPS) is 14.0. The van der Waals surface area contributed by atoms with E-state index in [1.54, 1.807) is 0 Å². The van der Waals surface area contributed by atoms with E-state index in [9.17, 15) is 0 Å². The van der Waals surface area contributed by atoms with Crippen molar-refractivity contribution in [2.24, 2.45) is 0 Å². The van der Waals surface area contributed by atoms with E-state index < -0.39 is 0 Å². The minimum absolute atomic E-state index is 0. The van der Waals surface area contributed by atoms with Gasteiger partial charge in [-0.25, -0.2) is 0 Å². The summed E-state index contributed by atoms with van der Waals surface area (Å²) in [6.45, 7) is 0. The van der Waals surface area contributed by atoms with Crippen molar-refractivity contribution in [2.45, 2.75) is 10.6 Å². The quantitative estimate of drug-likeness (QED) is 0.479. The minimum Gasteiger partial charge on any atom is -0.0841 e. The van der Waals surface area contributed by atoms with Gasteiger partial charge in [-0.1, -0.05) is 39.8 Å². The smallest absolute Gasteiger partial charge is 0.0303 e. The number of hydrogen-bond acceptors (Lipinski definition) is 2. The van der Waals surface area contributed by atoms with Crippen LogP contribution in [-0.4, -0.2) is 0 Å². The Labute approximate surface area is 78.5 Å². The third-order valence-electron chi connectivity index (χ3n) is 1.34. The van der Waals surface area contributed by atoms with Gasteiger partial charge in [0.1, 0.15) is 0 Å². The molecule has 3 heteroatoms. The predicted molar refractivity (Wildman–Crippen MR) is 43.6 cm³/mol. The summed E-state index contributed by atoms with van der Waals surface area (Å²) in [6, 6.07) is 8.57. The topological polar surface area (TPSA) is 0 Å². The Kier molecular flexibility index (Phi) is 3.15. The second-order valence-electron chi connectivity index (χ2n) is 1.95. The van der Waals surface area contributed by atoms with Crippen molar-refractivity contribution in [1.29, 1.82) is 0 Å². The second kappa shape index (κ2) is 3.70. The van der Waals surface area contributed by atoms with Crippen molar-refractivity contribution in [3.8, 4) is 0 Å². The molecule has 2 rings (SSSR count). The Bertz CT molecular complexity index is 202. The Morgan fingerprint density at radius 2 is 2.00 bits per heavy atom. The molecule has 1 aliphatic rings. The van der Waals surface area contributed by atoms with Gasteiger partial charge in [0.25, 0.3) is 0 Å². The predicted octanol–water partition coefficient (Wildman–Crippen LogP) is 2.94. The van der Waals surface area contributed by atoms with Crippen LogP contribution in [0, 0.1) is 0 Å². The first kappa shape index (κ1) is 8.51. The van der Waals surface area contributed by atoms with Gasteiger partial charge in [0, 0.05) is 27.1 Å². The van der Waals surface area contributed by atoms with E-state index in [-0.39, 0.29) is 16.5 Å². The molecule has 56 valence electrons. The molecule has 0 amide bonds. The first-order valence-corrected chi connectivity index (χ1v) is 5.16. The van der Waals surface area contributed by atoms with Crippen LogP contribution in [0.25, 0.3) is 0 Å². The number of fused-ring (bicyclic) bond motifs is 1. The monoisotopic (exact) mass is 212 g/mol. The van der Waals surface area contributed by atoms with Gasteiger partial charge in [-0.3, -0.25) is 0 Å². The van der Waals surface area contributed by atoms with Crippen molar-refractivity contribution < 1.29 is 16.5 Å². The number of benzene rings is 1. The molecular formula is C7H6NiS2. The van der Waals surface area contributed by atoms with Gasteiger partial charge in [0.15, 0.2) is 0 Å². The third-order valence-corrected chi connectivity index (χ3v) is 3.71. The van der Waals surface area contributed by atoms with Crippen molar-refractivity contribution in [2.75, 3.05) is 0 Å². The van der Waals surface area contributed by atoms with Crippen molar-refractivity contribution in [3.05, 3.63) is 29.8 Å². The van der Waals surface area contributed by atoms with E-state index in [2.05, 4.69) is 24.3 Å². The summed E-state index contributed by atoms with van der Waals surface area (Å²) in [7, 11) is 3.80. The molecule has 0 spiro atoms. The zero-order valence-corrected chi connectivity index (χ0v) is 7.77. The molecule has 1 aliphatic heterocycles. The molecule has 0 atom stereocenters. The largest absolute Gasteiger partial charge is 0.0841 e. The summed E-state index contributed by atoms with van der Waals surface area (Å²) in [5.41, 5.74) is 1.49. The molecule has 10 heavy (non-hydrogen) atoms. The summed E-state index contributed by atoms with van der Waals surface area (Å²) in [5, 5.41) is 0. The summed E-state index contributed by atoms with van der Waals surface area (Å²) in [4.78, 5) is 1.45. The van der Waals surface area contributed by atoms with E-state index in [1.807, 2.05) is 21.6 Å². The van der Waals surface area contributed by atoms with Crippen molar-refractivity contribution in [3.63, 3.8) is 0 Å². The first-order chi connectivity index (χ1) is 4.47. The molecule has 0 saturated heterocycles. The standard InChI is InChI=1S/C7H6S2.Ni/c1-2-4-7-6(3-1)5-8-9-7;/h1-4H,5H2;. The van der Waals surface area contributed by atoms with E-state index in [0.29, 0.717) is 0 Å². The molecule has 0 aliphatic carbocycles. The number of rotatable bonds is 0. The Balaban J connectivity index is 0.000000500. The molecule has 1 aromatic carbocycles.